The van der Waals surface area contributed by atoms with E-state index in [0.717, 1.165) is 28.2 Å². The van der Waals surface area contributed by atoms with Crippen molar-refractivity contribution < 1.29 is 26.9 Å². The van der Waals surface area contributed by atoms with Crippen molar-refractivity contribution in [3.05, 3.63) is 87.0 Å². The Morgan fingerprint density at radius 1 is 1.12 bits per heavy atom. The lowest BCUT2D eigenvalue weighted by Crippen LogP contribution is -2.12. The Kier molecular flexibility index (Phi) is 8.70. The molecule has 1 amide bonds. The summed E-state index contributed by atoms with van der Waals surface area (Å²) >= 11 is 7.31. The van der Waals surface area contributed by atoms with E-state index < -0.39 is 28.9 Å². The molecule has 0 fully saturated rings. The molecule has 0 aliphatic rings. The van der Waals surface area contributed by atoms with Crippen LogP contribution in [0.1, 0.15) is 20.1 Å². The number of carbonyl (C=O) groups is 1. The second-order valence-electron chi connectivity index (χ2n) is 9.45. The van der Waals surface area contributed by atoms with E-state index in [-0.39, 0.29) is 23.1 Å². The Labute approximate surface area is 241 Å². The third-order valence-corrected chi connectivity index (χ3v) is 9.00. The van der Waals surface area contributed by atoms with Crippen molar-refractivity contribution in [1.82, 2.24) is 4.98 Å². The van der Waals surface area contributed by atoms with Crippen molar-refractivity contribution >= 4 is 62.7 Å². The van der Waals surface area contributed by atoms with Gasteiger partial charge in [-0.05, 0) is 56.1 Å². The highest BCUT2D eigenvalue weighted by molar-refractivity contribution is 7.92. The smallest absolute Gasteiger partial charge is 0.265 e. The largest absolute Gasteiger partial charge is 0.487 e. The van der Waals surface area contributed by atoms with Gasteiger partial charge < -0.3 is 14.6 Å². The summed E-state index contributed by atoms with van der Waals surface area (Å²) in [4.78, 5) is 18.4. The standard InChI is InChI=1S/C27H26ClFN3O5PS2/c1-16-23(13-25(39-16)27(33)31-20-9-18(28)10-21(12-20)32-40(4,35)36)26-24(11-19(29)14-30-26)37-15-17-6-5-7-22(8-17)38(2,3)34/h5-14,32H,15H2,1-4H3,(H,31,33). The Hall–Kier alpha value is -3.24. The normalized spacial score (nSPS) is 11.8. The number of carbonyl (C=O) groups excluding carboxylic acids is 1. The van der Waals surface area contributed by atoms with Gasteiger partial charge in [0.25, 0.3) is 5.91 Å². The molecule has 0 spiro atoms. The van der Waals surface area contributed by atoms with Crippen molar-refractivity contribution in [2.75, 3.05) is 29.6 Å². The van der Waals surface area contributed by atoms with E-state index in [1.807, 2.05) is 13.0 Å². The molecule has 2 aromatic heterocycles. The van der Waals surface area contributed by atoms with E-state index >= 15 is 0 Å². The van der Waals surface area contributed by atoms with Gasteiger partial charge in [-0.15, -0.1) is 11.3 Å². The van der Waals surface area contributed by atoms with Crippen LogP contribution in [0.5, 0.6) is 5.75 Å². The van der Waals surface area contributed by atoms with Gasteiger partial charge in [0.2, 0.25) is 10.0 Å². The van der Waals surface area contributed by atoms with Crippen LogP contribution in [0, 0.1) is 12.7 Å². The molecular formula is C27H26ClFN3O5PS2. The predicted molar refractivity (Wildman–Crippen MR) is 160 cm³/mol. The SMILES string of the molecule is Cc1sc(C(=O)Nc2cc(Cl)cc(NS(C)(=O)=O)c2)cc1-c1ncc(F)cc1OCc1cccc(P(C)(C)=O)c1. The lowest BCUT2D eigenvalue weighted by Gasteiger charge is -2.13. The molecule has 40 heavy (non-hydrogen) atoms. The number of rotatable bonds is 9. The van der Waals surface area contributed by atoms with Gasteiger partial charge in [0.05, 0.1) is 23.0 Å². The van der Waals surface area contributed by atoms with Gasteiger partial charge in [0.1, 0.15) is 31.0 Å². The minimum absolute atomic E-state index is 0.0983. The Balaban J connectivity index is 1.58. The molecule has 0 saturated carbocycles. The summed E-state index contributed by atoms with van der Waals surface area (Å²) in [5.41, 5.74) is 2.23. The fourth-order valence-corrected chi connectivity index (χ4v) is 6.45. The lowest BCUT2D eigenvalue weighted by atomic mass is 10.1. The molecule has 13 heteroatoms. The molecule has 0 atom stereocenters. The number of benzene rings is 2. The summed E-state index contributed by atoms with van der Waals surface area (Å²) in [7, 11) is -6.00. The minimum atomic E-state index is -3.54. The number of amides is 1. The summed E-state index contributed by atoms with van der Waals surface area (Å²) in [6.07, 6.45) is 2.08. The number of pyridine rings is 1. The van der Waals surface area contributed by atoms with Gasteiger partial charge in [-0.2, -0.15) is 0 Å². The number of halogens is 2. The topological polar surface area (TPSA) is 114 Å². The first-order chi connectivity index (χ1) is 18.7. The summed E-state index contributed by atoms with van der Waals surface area (Å²) in [5, 5.41) is 3.67. The van der Waals surface area contributed by atoms with E-state index in [0.29, 0.717) is 21.8 Å². The highest BCUT2D eigenvalue weighted by atomic mass is 35.5. The number of thiophene rings is 1. The number of anilines is 2. The molecule has 0 bridgehead atoms. The van der Waals surface area contributed by atoms with Crippen LogP contribution in [-0.4, -0.2) is 38.9 Å². The van der Waals surface area contributed by atoms with Crippen LogP contribution in [0.4, 0.5) is 15.8 Å². The predicted octanol–water partition coefficient (Wildman–Crippen LogP) is 6.36. The van der Waals surface area contributed by atoms with Gasteiger partial charge in [0.15, 0.2) is 0 Å². The summed E-state index contributed by atoms with van der Waals surface area (Å²) in [5.74, 6) is -0.831. The maximum absolute atomic E-state index is 14.2. The van der Waals surface area contributed by atoms with E-state index in [2.05, 4.69) is 15.0 Å². The average Bonchev–Trinajstić information content (AvgIpc) is 3.22. The first-order valence-corrected chi connectivity index (χ1v) is 17.5. The zero-order valence-corrected chi connectivity index (χ0v) is 25.3. The number of hydrogen-bond donors (Lipinski definition) is 2. The van der Waals surface area contributed by atoms with Crippen molar-refractivity contribution in [2.45, 2.75) is 13.5 Å². The molecule has 0 aliphatic heterocycles. The Morgan fingerprint density at radius 3 is 2.55 bits per heavy atom. The van der Waals surface area contributed by atoms with Crippen LogP contribution in [-0.2, 0) is 21.2 Å². The van der Waals surface area contributed by atoms with Crippen molar-refractivity contribution in [1.29, 1.82) is 0 Å². The summed E-state index contributed by atoms with van der Waals surface area (Å²) < 4.78 is 58.1. The number of aryl methyl sites for hydroxylation is 1. The van der Waals surface area contributed by atoms with Gasteiger partial charge in [-0.3, -0.25) is 9.52 Å². The molecular weight excluding hydrogens is 596 g/mol. The van der Waals surface area contributed by atoms with Crippen LogP contribution < -0.4 is 20.1 Å². The number of ether oxygens (including phenoxy) is 1. The van der Waals surface area contributed by atoms with E-state index in [1.54, 1.807) is 37.6 Å². The second kappa shape index (κ2) is 11.7. The zero-order chi connectivity index (χ0) is 29.2. The van der Waals surface area contributed by atoms with Crippen LogP contribution >= 0.6 is 30.1 Å². The first-order valence-electron chi connectivity index (χ1n) is 11.8. The molecule has 0 unspecified atom stereocenters. The van der Waals surface area contributed by atoms with Crippen LogP contribution in [0.25, 0.3) is 11.3 Å². The zero-order valence-electron chi connectivity index (χ0n) is 22.0. The Morgan fingerprint density at radius 2 is 1.85 bits per heavy atom. The van der Waals surface area contributed by atoms with Crippen molar-refractivity contribution in [2.24, 2.45) is 0 Å². The maximum Gasteiger partial charge on any atom is 0.265 e. The van der Waals surface area contributed by atoms with E-state index in [9.17, 15) is 22.2 Å². The molecule has 4 rings (SSSR count). The number of nitrogens with zero attached hydrogens (tertiary/aromatic N) is 1. The first kappa shape index (κ1) is 29.7. The van der Waals surface area contributed by atoms with E-state index in [1.165, 1.54) is 35.6 Å². The third-order valence-electron chi connectivity index (χ3n) is 5.60. The molecule has 2 aromatic carbocycles. The molecule has 210 valence electrons. The summed E-state index contributed by atoms with van der Waals surface area (Å²) in [6.45, 7) is 5.28. The molecule has 2 heterocycles. The number of aromatic nitrogens is 1. The highest BCUT2D eigenvalue weighted by Crippen LogP contribution is 2.37. The molecule has 4 aromatic rings. The average molecular weight is 622 g/mol. The van der Waals surface area contributed by atoms with Gasteiger partial charge >= 0.3 is 0 Å². The fraction of sp³-hybridized carbons (Fsp3) is 0.185. The van der Waals surface area contributed by atoms with Gasteiger partial charge in [-0.1, -0.05) is 29.8 Å². The molecule has 0 radical (unpaired) electrons. The lowest BCUT2D eigenvalue weighted by molar-refractivity contribution is 0.103. The fourth-order valence-electron chi connectivity index (χ4n) is 3.83. The monoisotopic (exact) mass is 621 g/mol. The van der Waals surface area contributed by atoms with Crippen LogP contribution in [0.3, 0.4) is 0 Å². The summed E-state index contributed by atoms with van der Waals surface area (Å²) in [6, 6.07) is 14.5. The second-order valence-corrected chi connectivity index (χ2v) is 16.1. The molecule has 2 N–H and O–H groups in total. The molecule has 0 aliphatic carbocycles. The van der Waals surface area contributed by atoms with Crippen LogP contribution in [0.2, 0.25) is 5.02 Å². The molecule has 0 saturated heterocycles. The van der Waals surface area contributed by atoms with Gasteiger partial charge in [-0.25, -0.2) is 17.8 Å². The minimum Gasteiger partial charge on any atom is -0.487 e. The van der Waals surface area contributed by atoms with Gasteiger partial charge in [0, 0.05) is 32.5 Å². The highest BCUT2D eigenvalue weighted by Gasteiger charge is 2.19. The number of hydrogen-bond acceptors (Lipinski definition) is 7. The van der Waals surface area contributed by atoms with E-state index in [4.69, 9.17) is 16.3 Å². The third kappa shape index (κ3) is 7.69. The van der Waals surface area contributed by atoms with Crippen molar-refractivity contribution in [3.8, 4) is 17.0 Å². The van der Waals surface area contributed by atoms with Crippen molar-refractivity contribution in [3.63, 3.8) is 0 Å². The quantitative estimate of drug-likeness (QED) is 0.210. The Bertz CT molecular complexity index is 1750. The number of nitrogens with one attached hydrogen (secondary N) is 2. The number of sulfonamides is 1. The molecule has 8 nitrogen and oxygen atoms in total. The maximum atomic E-state index is 14.2. The van der Waals surface area contributed by atoms with Crippen LogP contribution in [0.15, 0.2) is 60.8 Å².